The number of anilines is 2. The summed E-state index contributed by atoms with van der Waals surface area (Å²) in [5.41, 5.74) is 10.9. The van der Waals surface area contributed by atoms with Gasteiger partial charge in [0.15, 0.2) is 47.4 Å². The molecule has 0 bridgehead atoms. The highest BCUT2D eigenvalue weighted by Gasteiger charge is 2.53. The number of nitrogens with one attached hydrogen (secondary N) is 2. The van der Waals surface area contributed by atoms with Crippen LogP contribution in [-0.4, -0.2) is 93.8 Å². The van der Waals surface area contributed by atoms with E-state index in [0.29, 0.717) is 0 Å². The standard InChI is InChI=1S/C20H23F2N11O8P2S2/c21-8-12-6(38-18(8)32-4-27-10-14(23)25-3-26-15(10)32)1-29-42(35,44)40-13-7(2-37-43(36,45)41-12)39-19(9(13)22)33-5-28-11-16(33)30-20(24)31-17(11)34/h3-9,12-13,18-19H,1-2H2,(H,36,45)(H2,23,25,26)(H2,29,35,44)(H3,24,30,31,34). The number of fused-ring (bicyclic) bond motifs is 4. The van der Waals surface area contributed by atoms with E-state index in [0.717, 1.165) is 10.9 Å². The van der Waals surface area contributed by atoms with Gasteiger partial charge in [0.25, 0.3) is 5.56 Å². The maximum atomic E-state index is 16.0. The summed E-state index contributed by atoms with van der Waals surface area (Å²) in [5, 5.41) is 2.53. The third-order valence-electron chi connectivity index (χ3n) is 7.33. The average Bonchev–Trinajstić information content (AvgIpc) is 3.72. The van der Waals surface area contributed by atoms with Gasteiger partial charge in [0.05, 0.1) is 19.3 Å². The van der Waals surface area contributed by atoms with Crippen molar-refractivity contribution in [3.63, 3.8) is 0 Å². The zero-order chi connectivity index (χ0) is 31.8. The summed E-state index contributed by atoms with van der Waals surface area (Å²) in [7, 11) is 0. The van der Waals surface area contributed by atoms with Crippen molar-refractivity contribution in [2.24, 2.45) is 0 Å². The maximum Gasteiger partial charge on any atom is 0.325 e. The van der Waals surface area contributed by atoms with E-state index in [-0.39, 0.29) is 34.1 Å². The Morgan fingerprint density at radius 3 is 2.38 bits per heavy atom. The highest BCUT2D eigenvalue weighted by Crippen LogP contribution is 2.55. The number of aromatic amines is 1. The molecule has 0 spiro atoms. The van der Waals surface area contributed by atoms with Crippen LogP contribution in [0.1, 0.15) is 12.5 Å². The minimum Gasteiger partial charge on any atom is -0.382 e. The van der Waals surface area contributed by atoms with Gasteiger partial charge in [-0.3, -0.25) is 28.0 Å². The van der Waals surface area contributed by atoms with Gasteiger partial charge in [0, 0.05) is 6.54 Å². The lowest BCUT2D eigenvalue weighted by molar-refractivity contribution is -0.0454. The molecule has 10 atom stereocenters. The molecule has 0 aliphatic carbocycles. The predicted molar refractivity (Wildman–Crippen MR) is 157 cm³/mol. The lowest BCUT2D eigenvalue weighted by atomic mass is 10.1. The van der Waals surface area contributed by atoms with E-state index in [1.807, 2.05) is 0 Å². The second kappa shape index (κ2) is 11.2. The zero-order valence-corrected chi connectivity index (χ0v) is 25.9. The molecule has 4 aromatic heterocycles. The van der Waals surface area contributed by atoms with E-state index in [1.165, 1.54) is 17.2 Å². The Hall–Kier alpha value is -2.69. The number of nitrogens with zero attached hydrogens (tertiary/aromatic N) is 7. The Bertz CT molecular complexity index is 1950. The molecule has 3 aliphatic rings. The van der Waals surface area contributed by atoms with Crippen LogP contribution in [0.5, 0.6) is 0 Å². The van der Waals surface area contributed by atoms with Gasteiger partial charge in [-0.05, 0) is 11.8 Å². The lowest BCUT2D eigenvalue weighted by Crippen LogP contribution is -2.40. The number of ether oxygens (including phenoxy) is 2. The van der Waals surface area contributed by atoms with Gasteiger partial charge < -0.3 is 34.9 Å². The fraction of sp³-hybridized carbons (Fsp3) is 0.500. The molecule has 19 nitrogen and oxygen atoms in total. The van der Waals surface area contributed by atoms with Crippen LogP contribution in [0.15, 0.2) is 23.8 Å². The summed E-state index contributed by atoms with van der Waals surface area (Å²) < 4.78 is 76.2. The monoisotopic (exact) mass is 709 g/mol. The first kappa shape index (κ1) is 30.9. The van der Waals surface area contributed by atoms with Crippen molar-refractivity contribution in [1.82, 2.24) is 44.1 Å². The first-order chi connectivity index (χ1) is 21.3. The van der Waals surface area contributed by atoms with Crippen LogP contribution in [0.2, 0.25) is 0 Å². The van der Waals surface area contributed by atoms with E-state index < -0.39 is 81.4 Å². The van der Waals surface area contributed by atoms with E-state index >= 15 is 8.78 Å². The van der Waals surface area contributed by atoms with E-state index in [2.05, 4.69) is 47.2 Å². The van der Waals surface area contributed by atoms with Crippen molar-refractivity contribution in [3.05, 3.63) is 29.3 Å². The molecule has 0 aromatic carbocycles. The lowest BCUT2D eigenvalue weighted by Gasteiger charge is -2.29. The number of halogens is 2. The molecular formula is C20H23F2N11O8P2S2. The van der Waals surface area contributed by atoms with Crippen molar-refractivity contribution in [2.75, 3.05) is 24.6 Å². The normalized spacial score (nSPS) is 37.7. The molecular weight excluding hydrogens is 686 g/mol. The van der Waals surface area contributed by atoms with Crippen molar-refractivity contribution >= 4 is 71.6 Å². The molecule has 0 radical (unpaired) electrons. The second-order valence-corrected chi connectivity index (χ2v) is 16.1. The number of thiol groups is 1. The first-order valence-electron chi connectivity index (χ1n) is 13.0. The molecule has 7 rings (SSSR count). The van der Waals surface area contributed by atoms with Gasteiger partial charge in [-0.25, -0.2) is 33.8 Å². The third kappa shape index (κ3) is 5.54. The Kier molecular flexibility index (Phi) is 7.72. The van der Waals surface area contributed by atoms with Gasteiger partial charge in [-0.15, -0.1) is 0 Å². The summed E-state index contributed by atoms with van der Waals surface area (Å²) >= 11 is 9.24. The highest BCUT2D eigenvalue weighted by atomic mass is 32.7. The Labute approximate surface area is 259 Å². The Morgan fingerprint density at radius 1 is 1.00 bits per heavy atom. The molecule has 3 aliphatic heterocycles. The number of alkyl halides is 2. The minimum absolute atomic E-state index is 0.0560. The molecule has 0 saturated carbocycles. The van der Waals surface area contributed by atoms with Crippen LogP contribution in [-0.2, 0) is 39.4 Å². The molecule has 0 amide bonds. The van der Waals surface area contributed by atoms with Crippen molar-refractivity contribution < 1.29 is 41.3 Å². The molecule has 4 aromatic rings. The molecule has 3 fully saturated rings. The van der Waals surface area contributed by atoms with E-state index in [4.69, 9.17) is 46.3 Å². The summed E-state index contributed by atoms with van der Waals surface area (Å²) in [6.07, 6.45) is -9.27. The maximum absolute atomic E-state index is 16.0. The molecule has 25 heteroatoms. The average molecular weight is 710 g/mol. The van der Waals surface area contributed by atoms with Crippen molar-refractivity contribution in [2.45, 2.75) is 49.2 Å². The van der Waals surface area contributed by atoms with Crippen LogP contribution in [0, 0.1) is 0 Å². The molecule has 242 valence electrons. The van der Waals surface area contributed by atoms with Crippen LogP contribution >= 0.6 is 25.7 Å². The minimum atomic E-state index is -4.26. The number of hydrogen-bond acceptors (Lipinski definition) is 15. The number of rotatable bonds is 2. The summed E-state index contributed by atoms with van der Waals surface area (Å²) in [5.74, 6) is -0.198. The zero-order valence-electron chi connectivity index (χ0n) is 22.4. The number of nitrogen functional groups attached to an aromatic ring is 2. The van der Waals surface area contributed by atoms with Crippen LogP contribution in [0.3, 0.4) is 0 Å². The topological polar surface area (TPSA) is 255 Å². The summed E-state index contributed by atoms with van der Waals surface area (Å²) in [4.78, 5) is 45.4. The second-order valence-electron chi connectivity index (χ2n) is 10.2. The third-order valence-corrected chi connectivity index (χ3v) is 10.7. The molecule has 10 unspecified atom stereocenters. The summed E-state index contributed by atoms with van der Waals surface area (Å²) in [6.45, 7) is -9.51. The molecule has 45 heavy (non-hydrogen) atoms. The number of hydrogen-bond donors (Lipinski definition) is 6. The van der Waals surface area contributed by atoms with Crippen molar-refractivity contribution in [1.29, 1.82) is 0 Å². The number of imidazole rings is 2. The fourth-order valence-corrected chi connectivity index (χ4v) is 8.41. The largest absolute Gasteiger partial charge is 0.382 e. The van der Waals surface area contributed by atoms with Gasteiger partial charge >= 0.3 is 13.4 Å². The number of nitrogens with two attached hydrogens (primary N) is 2. The SMILES string of the molecule is Nc1nc2c(ncn2C2OC3COP(O)(=S)OC4C(CNP(=O)(S)OC3C2F)OC(n2cnc3c(N)ncnc32)C4F)c(=O)[nH]1. The predicted octanol–water partition coefficient (Wildman–Crippen LogP) is 0.240. The number of aromatic nitrogens is 8. The Morgan fingerprint density at radius 2 is 1.64 bits per heavy atom. The van der Waals surface area contributed by atoms with Gasteiger partial charge in [-0.1, -0.05) is 12.2 Å². The van der Waals surface area contributed by atoms with Crippen LogP contribution in [0.25, 0.3) is 22.3 Å². The first-order valence-corrected chi connectivity index (χ1v) is 18.4. The van der Waals surface area contributed by atoms with Gasteiger partial charge in [0.2, 0.25) is 5.95 Å². The van der Waals surface area contributed by atoms with E-state index in [9.17, 15) is 14.3 Å². The fourth-order valence-electron chi connectivity index (χ4n) is 5.33. The van der Waals surface area contributed by atoms with Gasteiger partial charge in [-0.2, -0.15) is 4.98 Å². The quantitative estimate of drug-likeness (QED) is 0.120. The number of H-pyrrole nitrogens is 1. The van der Waals surface area contributed by atoms with Crippen LogP contribution in [0.4, 0.5) is 20.5 Å². The molecule has 7 heterocycles. The summed E-state index contributed by atoms with van der Waals surface area (Å²) in [6, 6.07) is 0. The molecule has 3 saturated heterocycles. The van der Waals surface area contributed by atoms with Gasteiger partial charge in [0.1, 0.15) is 36.3 Å². The highest BCUT2D eigenvalue weighted by molar-refractivity contribution is 8.45. The smallest absolute Gasteiger partial charge is 0.325 e. The van der Waals surface area contributed by atoms with Crippen molar-refractivity contribution in [3.8, 4) is 0 Å². The molecule has 7 N–H and O–H groups in total. The Balaban J connectivity index is 1.17. The van der Waals surface area contributed by atoms with Crippen LogP contribution < -0.4 is 22.1 Å². The van der Waals surface area contributed by atoms with E-state index in [1.54, 1.807) is 0 Å².